The second kappa shape index (κ2) is 7.86. The fourth-order valence-corrected chi connectivity index (χ4v) is 3.04. The average Bonchev–Trinajstić information content (AvgIpc) is 2.89. The molecule has 2 aromatic carbocycles. The Morgan fingerprint density at radius 1 is 0.833 bits per heavy atom. The number of ether oxygens (including phenoxy) is 1. The summed E-state index contributed by atoms with van der Waals surface area (Å²) in [6, 6.07) is 18.1. The highest BCUT2D eigenvalue weighted by atomic mass is 16.5. The zero-order valence-electron chi connectivity index (χ0n) is 14.2. The predicted octanol–water partition coefficient (Wildman–Crippen LogP) is 4.19. The number of aryl methyl sites for hydroxylation is 1. The van der Waals surface area contributed by atoms with Crippen LogP contribution in [0.5, 0.6) is 5.75 Å². The van der Waals surface area contributed by atoms with Crippen molar-refractivity contribution in [2.45, 2.75) is 39.3 Å². The topological polar surface area (TPSA) is 42.9 Å². The first-order valence-corrected chi connectivity index (χ1v) is 8.71. The number of aromatic nitrogens is 2. The van der Waals surface area contributed by atoms with Crippen LogP contribution < -0.4 is 10.4 Å². The monoisotopic (exact) mass is 323 g/mol. The van der Waals surface area contributed by atoms with Gasteiger partial charge in [0.25, 0.3) is 0 Å². The lowest BCUT2D eigenvalue weighted by atomic mass is 10.2. The third-order valence-corrected chi connectivity index (χ3v) is 4.29. The number of unbranched alkanes of at least 4 members (excludes halogenated alkanes) is 2. The normalized spacial score (nSPS) is 11.0. The summed E-state index contributed by atoms with van der Waals surface area (Å²) >= 11 is 0. The van der Waals surface area contributed by atoms with Gasteiger partial charge >= 0.3 is 0 Å². The van der Waals surface area contributed by atoms with Gasteiger partial charge in [-0.2, -0.15) is 0 Å². The van der Waals surface area contributed by atoms with Crippen molar-refractivity contribution in [3.8, 4) is 5.75 Å². The molecule has 1 aromatic heterocycles. The van der Waals surface area contributed by atoms with Crippen molar-refractivity contribution in [3.63, 3.8) is 0 Å². The molecule has 126 valence electrons. The minimum absolute atomic E-state index is 0.559. The molecule has 0 aliphatic rings. The summed E-state index contributed by atoms with van der Waals surface area (Å²) in [5, 5.41) is 8.56. The van der Waals surface area contributed by atoms with Crippen LogP contribution in [0, 0.1) is 5.41 Å². The van der Waals surface area contributed by atoms with Crippen LogP contribution in [0.2, 0.25) is 0 Å². The summed E-state index contributed by atoms with van der Waals surface area (Å²) in [6.45, 7) is 4.34. The van der Waals surface area contributed by atoms with Crippen molar-refractivity contribution in [2.24, 2.45) is 0 Å². The largest absolute Gasteiger partial charge is 0.492 e. The maximum Gasteiger partial charge on any atom is 0.203 e. The number of fused-ring (bicyclic) bond motifs is 1. The van der Waals surface area contributed by atoms with E-state index in [1.165, 1.54) is 12.8 Å². The van der Waals surface area contributed by atoms with Crippen molar-refractivity contribution < 1.29 is 4.74 Å². The van der Waals surface area contributed by atoms with Crippen LogP contribution in [0.25, 0.3) is 11.0 Å². The second-order valence-corrected chi connectivity index (χ2v) is 5.98. The van der Waals surface area contributed by atoms with Crippen LogP contribution in [0.15, 0.2) is 54.6 Å². The minimum Gasteiger partial charge on any atom is -0.492 e. The maximum absolute atomic E-state index is 8.56. The lowest BCUT2D eigenvalue weighted by Gasteiger charge is -2.07. The molecule has 4 nitrogen and oxygen atoms in total. The Labute approximate surface area is 142 Å². The van der Waals surface area contributed by atoms with E-state index in [9.17, 15) is 0 Å². The molecular weight excluding hydrogens is 298 g/mol. The summed E-state index contributed by atoms with van der Waals surface area (Å²) in [6.07, 6.45) is 3.50. The van der Waals surface area contributed by atoms with Gasteiger partial charge in [0.15, 0.2) is 0 Å². The van der Waals surface area contributed by atoms with Crippen LogP contribution in [0.4, 0.5) is 0 Å². The van der Waals surface area contributed by atoms with E-state index in [1.807, 2.05) is 47.0 Å². The standard InChI is InChI=1S/C20H25N3O/c1-2-3-9-14-22-18-12-7-8-13-19(18)23(20(22)21)15-16-24-17-10-5-4-6-11-17/h4-8,10-13,21H,2-3,9,14-16H2,1H3. The van der Waals surface area contributed by atoms with E-state index < -0.39 is 0 Å². The number of imidazole rings is 1. The Kier molecular flexibility index (Phi) is 5.36. The molecule has 3 aromatic rings. The Morgan fingerprint density at radius 3 is 2.12 bits per heavy atom. The summed E-state index contributed by atoms with van der Waals surface area (Å²) in [4.78, 5) is 0. The molecule has 0 atom stereocenters. The summed E-state index contributed by atoms with van der Waals surface area (Å²) in [5.41, 5.74) is 2.80. The lowest BCUT2D eigenvalue weighted by Crippen LogP contribution is -2.26. The van der Waals surface area contributed by atoms with Gasteiger partial charge in [0, 0.05) is 6.54 Å². The Hall–Kier alpha value is -2.49. The van der Waals surface area contributed by atoms with Gasteiger partial charge in [-0.1, -0.05) is 50.1 Å². The van der Waals surface area contributed by atoms with Crippen LogP contribution in [-0.2, 0) is 13.1 Å². The second-order valence-electron chi connectivity index (χ2n) is 5.98. The van der Waals surface area contributed by atoms with E-state index in [4.69, 9.17) is 10.1 Å². The van der Waals surface area contributed by atoms with E-state index in [0.29, 0.717) is 18.8 Å². The van der Waals surface area contributed by atoms with Gasteiger partial charge in [-0.05, 0) is 30.7 Å². The van der Waals surface area contributed by atoms with Gasteiger partial charge in [0.05, 0.1) is 17.6 Å². The van der Waals surface area contributed by atoms with Crippen molar-refractivity contribution >= 4 is 11.0 Å². The van der Waals surface area contributed by atoms with E-state index >= 15 is 0 Å². The van der Waals surface area contributed by atoms with Gasteiger partial charge in [0.1, 0.15) is 12.4 Å². The van der Waals surface area contributed by atoms with Gasteiger partial charge in [-0.15, -0.1) is 0 Å². The molecule has 3 rings (SSSR count). The molecule has 1 N–H and O–H groups in total. The number of nitrogens with one attached hydrogen (secondary N) is 1. The van der Waals surface area contributed by atoms with E-state index in [1.54, 1.807) is 0 Å². The van der Waals surface area contributed by atoms with E-state index in [2.05, 4.69) is 23.6 Å². The maximum atomic E-state index is 8.56. The fourth-order valence-electron chi connectivity index (χ4n) is 3.04. The fraction of sp³-hybridized carbons (Fsp3) is 0.350. The molecule has 0 spiro atoms. The van der Waals surface area contributed by atoms with Crippen molar-refractivity contribution in [3.05, 3.63) is 60.2 Å². The van der Waals surface area contributed by atoms with Gasteiger partial charge in [0.2, 0.25) is 5.62 Å². The number of hydrogen-bond donors (Lipinski definition) is 1. The third kappa shape index (κ3) is 3.53. The molecule has 0 aliphatic heterocycles. The first-order valence-electron chi connectivity index (χ1n) is 8.71. The van der Waals surface area contributed by atoms with Gasteiger partial charge < -0.3 is 13.9 Å². The third-order valence-electron chi connectivity index (χ3n) is 4.29. The van der Waals surface area contributed by atoms with Crippen LogP contribution in [0.1, 0.15) is 26.2 Å². The number of para-hydroxylation sites is 3. The average molecular weight is 323 g/mol. The molecule has 24 heavy (non-hydrogen) atoms. The number of benzene rings is 2. The number of hydrogen-bond acceptors (Lipinski definition) is 2. The molecule has 1 heterocycles. The van der Waals surface area contributed by atoms with Crippen LogP contribution >= 0.6 is 0 Å². The predicted molar refractivity (Wildman–Crippen MR) is 97.2 cm³/mol. The zero-order chi connectivity index (χ0) is 16.8. The smallest absolute Gasteiger partial charge is 0.203 e. The quantitative estimate of drug-likeness (QED) is 0.621. The Morgan fingerprint density at radius 2 is 1.46 bits per heavy atom. The summed E-state index contributed by atoms with van der Waals surface area (Å²) < 4.78 is 9.97. The molecule has 0 radical (unpaired) electrons. The highest BCUT2D eigenvalue weighted by molar-refractivity contribution is 5.75. The molecule has 0 aliphatic carbocycles. The lowest BCUT2D eigenvalue weighted by molar-refractivity contribution is 0.296. The summed E-state index contributed by atoms with van der Waals surface area (Å²) in [5.74, 6) is 0.872. The van der Waals surface area contributed by atoms with Crippen molar-refractivity contribution in [1.29, 1.82) is 5.41 Å². The highest BCUT2D eigenvalue weighted by Gasteiger charge is 2.10. The number of rotatable bonds is 8. The Balaban J connectivity index is 1.79. The molecular formula is C20H25N3O. The zero-order valence-corrected chi connectivity index (χ0v) is 14.2. The molecule has 0 bridgehead atoms. The molecule has 4 heteroatoms. The van der Waals surface area contributed by atoms with Crippen molar-refractivity contribution in [1.82, 2.24) is 9.13 Å². The first kappa shape index (κ1) is 16.4. The van der Waals surface area contributed by atoms with Crippen LogP contribution in [-0.4, -0.2) is 15.7 Å². The molecule has 0 amide bonds. The van der Waals surface area contributed by atoms with Gasteiger partial charge in [-0.3, -0.25) is 5.41 Å². The SMILES string of the molecule is CCCCCn1c(=N)n(CCOc2ccccc2)c2ccccc21. The highest BCUT2D eigenvalue weighted by Crippen LogP contribution is 2.14. The minimum atomic E-state index is 0.559. The van der Waals surface area contributed by atoms with Crippen molar-refractivity contribution in [2.75, 3.05) is 6.61 Å². The Bertz CT molecular complexity index is 833. The molecule has 0 unspecified atom stereocenters. The first-order chi connectivity index (χ1) is 11.8. The molecule has 0 saturated heterocycles. The molecule has 0 fully saturated rings. The van der Waals surface area contributed by atoms with E-state index in [-0.39, 0.29) is 0 Å². The summed E-state index contributed by atoms with van der Waals surface area (Å²) in [7, 11) is 0. The van der Waals surface area contributed by atoms with Gasteiger partial charge in [-0.25, -0.2) is 0 Å². The van der Waals surface area contributed by atoms with Crippen LogP contribution in [0.3, 0.4) is 0 Å². The molecule has 0 saturated carbocycles. The van der Waals surface area contributed by atoms with E-state index in [0.717, 1.165) is 29.7 Å². The number of nitrogens with zero attached hydrogens (tertiary/aromatic N) is 2.